The number of hydrazine groups is 1. The molecule has 0 radical (unpaired) electrons. The smallest absolute Gasteiger partial charge is 0.307 e. The molecule has 14 nitrogen and oxygen atoms in total. The number of nitrogens with one attached hydrogen (secondary N) is 3. The van der Waals surface area contributed by atoms with E-state index in [-0.39, 0.29) is 60.2 Å². The maximum atomic E-state index is 14.5. The molecule has 1 aliphatic heterocycles. The largest absolute Gasteiger partial charge is 0.508 e. The van der Waals surface area contributed by atoms with Crippen molar-refractivity contribution in [1.29, 1.82) is 0 Å². The third kappa shape index (κ3) is 13.7. The zero-order valence-electron chi connectivity index (χ0n) is 33.4. The molecule has 1 aromatic carbocycles. The summed E-state index contributed by atoms with van der Waals surface area (Å²) in [6, 6.07) is 4.53. The molecule has 0 saturated heterocycles. The molecule has 1 aliphatic rings. The Balaban J connectivity index is 1.81. The van der Waals surface area contributed by atoms with Crippen molar-refractivity contribution in [3.63, 3.8) is 0 Å². The highest BCUT2D eigenvalue weighted by Gasteiger charge is 2.37. The zero-order chi connectivity index (χ0) is 40.7. The van der Waals surface area contributed by atoms with Gasteiger partial charge in [-0.2, -0.15) is 0 Å². The van der Waals surface area contributed by atoms with Crippen LogP contribution in [0.5, 0.6) is 5.75 Å². The van der Waals surface area contributed by atoms with E-state index in [0.29, 0.717) is 43.5 Å². The minimum atomic E-state index is -0.837. The van der Waals surface area contributed by atoms with Gasteiger partial charge in [0, 0.05) is 42.8 Å². The molecule has 0 saturated carbocycles. The van der Waals surface area contributed by atoms with Crippen molar-refractivity contribution < 1.29 is 33.8 Å². The van der Waals surface area contributed by atoms with E-state index in [9.17, 15) is 29.1 Å². The van der Waals surface area contributed by atoms with Crippen molar-refractivity contribution in [2.45, 2.75) is 117 Å². The fourth-order valence-electron chi connectivity index (χ4n) is 6.61. The summed E-state index contributed by atoms with van der Waals surface area (Å²) in [5.41, 5.74) is 3.27. The predicted octanol–water partition coefficient (Wildman–Crippen LogP) is 4.08. The molecule has 2 heterocycles. The summed E-state index contributed by atoms with van der Waals surface area (Å²) in [5.74, 6) is 3.06. The highest BCUT2D eigenvalue weighted by atomic mass is 32.1. The molecule has 2 aromatic rings. The van der Waals surface area contributed by atoms with Crippen LogP contribution in [-0.2, 0) is 36.8 Å². The van der Waals surface area contributed by atoms with E-state index < -0.39 is 35.9 Å². The number of aromatic nitrogens is 1. The normalized spacial score (nSPS) is 17.1. The monoisotopic (exact) mass is 783 g/mol. The third-order valence-corrected chi connectivity index (χ3v) is 11.1. The molecule has 6 N–H and O–H groups in total. The molecule has 0 spiro atoms. The molecular formula is C40H61N7O7S. The number of aryl methyl sites for hydroxylation is 1. The Kier molecular flexibility index (Phi) is 18.2. The lowest BCUT2D eigenvalue weighted by atomic mass is 9.93. The second-order valence-corrected chi connectivity index (χ2v) is 15.8. The van der Waals surface area contributed by atoms with Gasteiger partial charge in [0.25, 0.3) is 5.91 Å². The summed E-state index contributed by atoms with van der Waals surface area (Å²) < 4.78 is 5.64. The molecule has 0 bridgehead atoms. The van der Waals surface area contributed by atoms with Crippen LogP contribution in [0.2, 0.25) is 0 Å². The second kappa shape index (κ2) is 22.3. The van der Waals surface area contributed by atoms with Crippen LogP contribution >= 0.6 is 11.3 Å². The summed E-state index contributed by atoms with van der Waals surface area (Å²) in [6.07, 6.45) is 7.80. The number of carbonyl (C=O) groups is 5. The number of phenols is 1. The summed E-state index contributed by atoms with van der Waals surface area (Å²) in [7, 11) is 1.88. The second-order valence-electron chi connectivity index (χ2n) is 14.9. The Morgan fingerprint density at radius 1 is 1.09 bits per heavy atom. The van der Waals surface area contributed by atoms with Gasteiger partial charge in [-0.15, -0.1) is 11.3 Å². The Hall–Kier alpha value is -4.34. The van der Waals surface area contributed by atoms with E-state index >= 15 is 0 Å². The number of aromatic hydroxyl groups is 1. The van der Waals surface area contributed by atoms with E-state index in [1.165, 1.54) is 11.3 Å². The van der Waals surface area contributed by atoms with Crippen LogP contribution in [0.25, 0.3) is 0 Å². The molecule has 15 heteroatoms. The molecule has 4 amide bonds. The molecule has 0 fully saturated rings. The van der Waals surface area contributed by atoms with E-state index in [2.05, 4.69) is 21.0 Å². The molecule has 1 aromatic heterocycles. The predicted molar refractivity (Wildman–Crippen MR) is 213 cm³/mol. The zero-order valence-corrected chi connectivity index (χ0v) is 34.2. The number of carbonyl (C=O) groups excluding carboxylic acids is 5. The number of thiazole rings is 1. The molecule has 304 valence electrons. The first-order valence-electron chi connectivity index (χ1n) is 19.4. The van der Waals surface area contributed by atoms with Crippen LogP contribution < -0.4 is 21.9 Å². The van der Waals surface area contributed by atoms with Crippen molar-refractivity contribution in [3.05, 3.63) is 58.1 Å². The molecule has 3 rings (SSSR count). The van der Waals surface area contributed by atoms with E-state index in [1.54, 1.807) is 41.5 Å². The van der Waals surface area contributed by atoms with Gasteiger partial charge in [0.1, 0.15) is 23.5 Å². The fourth-order valence-corrected chi connectivity index (χ4v) is 7.41. The lowest BCUT2D eigenvalue weighted by molar-refractivity contribution is -0.158. The van der Waals surface area contributed by atoms with Crippen LogP contribution in [0.1, 0.15) is 101 Å². The van der Waals surface area contributed by atoms with Crippen LogP contribution in [0, 0.1) is 17.8 Å². The first-order chi connectivity index (χ1) is 26.2. The molecular weight excluding hydrogens is 723 g/mol. The highest BCUT2D eigenvalue weighted by molar-refractivity contribution is 7.09. The standard InChI is InChI=1S/C40H61N7O7S/c1-8-12-35(49)54-24-47(40(53)36(26(5)9-2)44-39(52)33-13-10-11-20-46(33)7)32(25(3)4)18-19-34-43-31(23-55-34)38(51)42-29(21-27(6)37(50)45-41)22-28-14-16-30(48)17-15-28/h10,13-17,23,25-27,29,32-33,36,48H,8-9,11-12,18-22,24,41H2,1-7H3,(H,42,51)(H,44,52)(H,45,50)/t26?,27-,29+,32+,33+,36-/m0/s1. The lowest BCUT2D eigenvalue weighted by Crippen LogP contribution is -2.58. The van der Waals surface area contributed by atoms with Crippen molar-refractivity contribution in [2.75, 3.05) is 20.3 Å². The average molecular weight is 784 g/mol. The van der Waals surface area contributed by atoms with Gasteiger partial charge in [-0.05, 0) is 68.7 Å². The number of hydrogen-bond acceptors (Lipinski definition) is 11. The maximum Gasteiger partial charge on any atom is 0.307 e. The Morgan fingerprint density at radius 2 is 1.80 bits per heavy atom. The first-order valence-corrected chi connectivity index (χ1v) is 20.2. The number of esters is 1. The first kappa shape index (κ1) is 45.1. The van der Waals surface area contributed by atoms with Crippen LogP contribution in [0.15, 0.2) is 41.8 Å². The summed E-state index contributed by atoms with van der Waals surface area (Å²) in [6.45, 7) is 12.0. The SMILES string of the molecule is CCCC(=O)OCN(C(=O)[C@@H](NC(=O)[C@H]1C=CCCN1C)C(C)CC)[C@H](CCc1nc(C(=O)N[C@@H](Cc2ccc(O)cc2)C[C@H](C)C(=O)NN)cs1)C(C)C. The van der Waals surface area contributed by atoms with E-state index in [1.807, 2.05) is 58.7 Å². The van der Waals surface area contributed by atoms with Gasteiger partial charge in [-0.1, -0.05) is 72.2 Å². The summed E-state index contributed by atoms with van der Waals surface area (Å²) in [4.78, 5) is 74.5. The molecule has 0 aliphatic carbocycles. The van der Waals surface area contributed by atoms with Gasteiger partial charge in [-0.3, -0.25) is 34.3 Å². The number of benzene rings is 1. The van der Waals surface area contributed by atoms with E-state index in [4.69, 9.17) is 10.6 Å². The van der Waals surface area contributed by atoms with Gasteiger partial charge in [0.15, 0.2) is 6.73 Å². The van der Waals surface area contributed by atoms with Gasteiger partial charge in [-0.25, -0.2) is 10.8 Å². The van der Waals surface area contributed by atoms with E-state index in [0.717, 1.165) is 18.5 Å². The number of amides is 4. The number of nitrogens with zero attached hydrogens (tertiary/aromatic N) is 3. The topological polar surface area (TPSA) is 196 Å². The Labute approximate surface area is 329 Å². The lowest BCUT2D eigenvalue weighted by Gasteiger charge is -2.38. The number of rotatable bonds is 21. The van der Waals surface area contributed by atoms with Crippen LogP contribution in [-0.4, -0.2) is 94.0 Å². The van der Waals surface area contributed by atoms with Gasteiger partial charge < -0.3 is 25.4 Å². The van der Waals surface area contributed by atoms with Crippen LogP contribution in [0.3, 0.4) is 0 Å². The minimum Gasteiger partial charge on any atom is -0.508 e. The molecule has 55 heavy (non-hydrogen) atoms. The highest BCUT2D eigenvalue weighted by Crippen LogP contribution is 2.24. The van der Waals surface area contributed by atoms with Gasteiger partial charge >= 0.3 is 5.97 Å². The van der Waals surface area contributed by atoms with Crippen molar-refractivity contribution in [2.24, 2.45) is 23.6 Å². The number of phenolic OH excluding ortho intramolecular Hbond substituents is 1. The minimum absolute atomic E-state index is 0.0504. The van der Waals surface area contributed by atoms with Crippen LogP contribution in [0.4, 0.5) is 0 Å². The Bertz CT molecular complexity index is 1600. The quantitative estimate of drug-likeness (QED) is 0.0307. The summed E-state index contributed by atoms with van der Waals surface area (Å²) >= 11 is 1.33. The van der Waals surface area contributed by atoms with Gasteiger partial charge in [0.05, 0.1) is 5.01 Å². The summed E-state index contributed by atoms with van der Waals surface area (Å²) in [5, 5.41) is 18.1. The molecule has 1 unspecified atom stereocenters. The Morgan fingerprint density at radius 3 is 2.42 bits per heavy atom. The number of likely N-dealkylation sites (N-methyl/N-ethyl adjacent to an activating group) is 1. The number of nitrogens with two attached hydrogens (primary N) is 1. The fraction of sp³-hybridized carbons (Fsp3) is 0.600. The van der Waals surface area contributed by atoms with Gasteiger partial charge in [0.2, 0.25) is 17.7 Å². The third-order valence-electron chi connectivity index (χ3n) is 10.2. The van der Waals surface area contributed by atoms with Crippen molar-refractivity contribution >= 4 is 40.9 Å². The maximum absolute atomic E-state index is 14.5. The number of hydrogen-bond donors (Lipinski definition) is 5. The van der Waals surface area contributed by atoms with Crippen molar-refractivity contribution in [1.82, 2.24) is 30.8 Å². The molecule has 6 atom stereocenters. The average Bonchev–Trinajstić information content (AvgIpc) is 3.64. The number of ether oxygens (including phenoxy) is 1. The van der Waals surface area contributed by atoms with Crippen molar-refractivity contribution in [3.8, 4) is 5.75 Å².